The number of hydrogen-bond donors (Lipinski definition) is 1. The molecule has 4 heterocycles. The predicted molar refractivity (Wildman–Crippen MR) is 151 cm³/mol. The number of carbonyl (C=O) groups excluding carboxylic acids is 1. The first-order chi connectivity index (χ1) is 18.9. The Morgan fingerprint density at radius 3 is 2.67 bits per heavy atom. The van der Waals surface area contributed by atoms with E-state index in [9.17, 15) is 9.59 Å². The van der Waals surface area contributed by atoms with Crippen LogP contribution in [0.5, 0.6) is 0 Å². The van der Waals surface area contributed by atoms with Gasteiger partial charge in [-0.2, -0.15) is 0 Å². The van der Waals surface area contributed by atoms with Crippen molar-refractivity contribution in [2.24, 2.45) is 17.8 Å². The largest absolute Gasteiger partial charge is 0.460 e. The number of H-pyrrole nitrogens is 1. The number of nitrogens with one attached hydrogen (secondary N) is 1. The molecule has 2 aliphatic heterocycles. The normalized spacial score (nSPS) is 19.1. The Labute approximate surface area is 230 Å². The molecule has 2 saturated heterocycles. The van der Waals surface area contributed by atoms with Crippen molar-refractivity contribution in [3.05, 3.63) is 51.9 Å². The van der Waals surface area contributed by atoms with Gasteiger partial charge in [-0.05, 0) is 74.6 Å². The number of ether oxygens (including phenoxy) is 3. The maximum Gasteiger partial charge on any atom is 0.309 e. The van der Waals surface area contributed by atoms with Crippen LogP contribution in [0.2, 0.25) is 0 Å². The predicted octanol–water partition coefficient (Wildman–Crippen LogP) is 5.05. The third-order valence-electron chi connectivity index (χ3n) is 7.98. The van der Waals surface area contributed by atoms with Crippen LogP contribution in [0, 0.1) is 24.7 Å². The molecule has 210 valence electrons. The lowest BCUT2D eigenvalue weighted by atomic mass is 9.91. The number of aromatic nitrogens is 3. The summed E-state index contributed by atoms with van der Waals surface area (Å²) < 4.78 is 19.0. The van der Waals surface area contributed by atoms with Crippen molar-refractivity contribution in [2.75, 3.05) is 26.4 Å². The number of imidazole rings is 1. The highest BCUT2D eigenvalue weighted by Crippen LogP contribution is 2.30. The molecule has 1 N–H and O–H groups in total. The highest BCUT2D eigenvalue weighted by atomic mass is 16.6. The smallest absolute Gasteiger partial charge is 0.309 e. The van der Waals surface area contributed by atoms with E-state index in [4.69, 9.17) is 19.2 Å². The summed E-state index contributed by atoms with van der Waals surface area (Å²) >= 11 is 0. The molecule has 3 aromatic rings. The summed E-state index contributed by atoms with van der Waals surface area (Å²) in [6, 6.07) is 8.39. The number of benzene rings is 1. The van der Waals surface area contributed by atoms with Crippen LogP contribution in [0.25, 0.3) is 22.4 Å². The van der Waals surface area contributed by atoms with E-state index in [0.717, 1.165) is 86.3 Å². The molecule has 0 spiro atoms. The van der Waals surface area contributed by atoms with Gasteiger partial charge in [0, 0.05) is 43.5 Å². The molecule has 2 atom stereocenters. The van der Waals surface area contributed by atoms with E-state index in [0.29, 0.717) is 30.6 Å². The van der Waals surface area contributed by atoms with E-state index in [2.05, 4.69) is 41.6 Å². The minimum absolute atomic E-state index is 0.0805. The standard InChI is InChI=1S/C31H41N3O5/c1-20(2)14-24(31(36)39-26-10-13-38-19-26)6-4-22-5-7-28-27(16-22)33-29(25-15-21(3)30(35)32-17-25)34(28)18-23-8-11-37-12-9-23/h5,7,15-17,20,23-24,26H,4,6,8-14,18-19H2,1-3H3,(H,32,35)/t24-,26?/m0/s1. The number of hydrogen-bond acceptors (Lipinski definition) is 6. The van der Waals surface area contributed by atoms with E-state index in [-0.39, 0.29) is 23.6 Å². The van der Waals surface area contributed by atoms with Crippen LogP contribution in [-0.4, -0.2) is 53.0 Å². The highest BCUT2D eigenvalue weighted by molar-refractivity contribution is 5.81. The van der Waals surface area contributed by atoms with Crippen molar-refractivity contribution in [1.82, 2.24) is 14.5 Å². The van der Waals surface area contributed by atoms with Crippen molar-refractivity contribution in [2.45, 2.75) is 71.9 Å². The number of aromatic amines is 1. The second kappa shape index (κ2) is 12.5. The van der Waals surface area contributed by atoms with Crippen LogP contribution in [0.3, 0.4) is 0 Å². The summed E-state index contributed by atoms with van der Waals surface area (Å²) in [5, 5.41) is 0. The topological polar surface area (TPSA) is 95.4 Å². The number of carbonyl (C=O) groups is 1. The van der Waals surface area contributed by atoms with Gasteiger partial charge in [-0.1, -0.05) is 19.9 Å². The molecule has 1 unspecified atom stereocenters. The first-order valence-corrected chi connectivity index (χ1v) is 14.4. The molecule has 2 aliphatic rings. The Morgan fingerprint density at radius 1 is 1.15 bits per heavy atom. The number of esters is 1. The molecule has 39 heavy (non-hydrogen) atoms. The lowest BCUT2D eigenvalue weighted by Crippen LogP contribution is -2.26. The number of aryl methyl sites for hydroxylation is 2. The minimum atomic E-state index is -0.132. The fourth-order valence-corrected chi connectivity index (χ4v) is 5.76. The molecule has 0 saturated carbocycles. The van der Waals surface area contributed by atoms with Gasteiger partial charge in [0.15, 0.2) is 0 Å². The van der Waals surface area contributed by atoms with Gasteiger partial charge in [-0.3, -0.25) is 9.59 Å². The van der Waals surface area contributed by atoms with Crippen LogP contribution in [-0.2, 0) is 32.0 Å². The van der Waals surface area contributed by atoms with Gasteiger partial charge in [-0.25, -0.2) is 4.98 Å². The van der Waals surface area contributed by atoms with Gasteiger partial charge < -0.3 is 23.8 Å². The molecule has 0 amide bonds. The Balaban J connectivity index is 1.39. The molecule has 0 aliphatic carbocycles. The third-order valence-corrected chi connectivity index (χ3v) is 7.98. The van der Waals surface area contributed by atoms with Crippen LogP contribution in [0.4, 0.5) is 0 Å². The molecule has 5 rings (SSSR count). The van der Waals surface area contributed by atoms with Crippen LogP contribution in [0.15, 0.2) is 35.3 Å². The highest BCUT2D eigenvalue weighted by Gasteiger charge is 2.27. The van der Waals surface area contributed by atoms with E-state index in [1.54, 1.807) is 6.20 Å². The zero-order valence-corrected chi connectivity index (χ0v) is 23.4. The first kappa shape index (κ1) is 27.6. The summed E-state index contributed by atoms with van der Waals surface area (Å²) in [6.07, 6.45) is 6.82. The number of nitrogens with zero attached hydrogens (tertiary/aromatic N) is 2. The minimum Gasteiger partial charge on any atom is -0.460 e. The van der Waals surface area contributed by atoms with Gasteiger partial charge in [-0.15, -0.1) is 0 Å². The quantitative estimate of drug-likeness (QED) is 0.365. The average Bonchev–Trinajstić information content (AvgIpc) is 3.56. The molecule has 1 aromatic carbocycles. The third kappa shape index (κ3) is 6.79. The average molecular weight is 536 g/mol. The molecule has 2 fully saturated rings. The molecule has 2 aromatic heterocycles. The number of fused-ring (bicyclic) bond motifs is 1. The summed E-state index contributed by atoms with van der Waals surface area (Å²) in [4.78, 5) is 32.9. The summed E-state index contributed by atoms with van der Waals surface area (Å²) in [6.45, 7) is 9.74. The summed E-state index contributed by atoms with van der Waals surface area (Å²) in [5.74, 6) is 1.57. The maximum absolute atomic E-state index is 13.0. The zero-order chi connectivity index (χ0) is 27.4. The molecule has 8 nitrogen and oxygen atoms in total. The van der Waals surface area contributed by atoms with Crippen LogP contribution >= 0.6 is 0 Å². The van der Waals surface area contributed by atoms with Gasteiger partial charge in [0.2, 0.25) is 0 Å². The van der Waals surface area contributed by atoms with E-state index < -0.39 is 0 Å². The fourth-order valence-electron chi connectivity index (χ4n) is 5.76. The van der Waals surface area contributed by atoms with Crippen molar-refractivity contribution in [1.29, 1.82) is 0 Å². The second-order valence-electron chi connectivity index (χ2n) is 11.6. The maximum atomic E-state index is 13.0. The van der Waals surface area contributed by atoms with Crippen molar-refractivity contribution in [3.8, 4) is 11.4 Å². The molecule has 0 bridgehead atoms. The number of rotatable bonds is 10. The second-order valence-corrected chi connectivity index (χ2v) is 11.6. The van der Waals surface area contributed by atoms with Gasteiger partial charge in [0.1, 0.15) is 11.9 Å². The molecular formula is C31H41N3O5. The fraction of sp³-hybridized carbons (Fsp3) is 0.581. The monoisotopic (exact) mass is 535 g/mol. The Kier molecular flexibility index (Phi) is 8.82. The SMILES string of the molecule is Cc1cc(-c2nc3cc(CC[C@@H](CC(C)C)C(=O)OC4CCOC4)ccc3n2CC2CCOCC2)c[nH]c1=O. The van der Waals surface area contributed by atoms with Crippen molar-refractivity contribution in [3.63, 3.8) is 0 Å². The molecule has 0 radical (unpaired) electrons. The van der Waals surface area contributed by atoms with Crippen LogP contribution < -0.4 is 5.56 Å². The van der Waals surface area contributed by atoms with E-state index >= 15 is 0 Å². The van der Waals surface area contributed by atoms with Gasteiger partial charge >= 0.3 is 5.97 Å². The Morgan fingerprint density at radius 2 is 1.95 bits per heavy atom. The lowest BCUT2D eigenvalue weighted by molar-refractivity contribution is -0.154. The molecule has 8 heteroatoms. The lowest BCUT2D eigenvalue weighted by Gasteiger charge is -2.23. The van der Waals surface area contributed by atoms with Crippen LogP contribution in [0.1, 0.15) is 57.1 Å². The Bertz CT molecular complexity index is 1330. The van der Waals surface area contributed by atoms with Crippen molar-refractivity contribution >= 4 is 17.0 Å². The molecular weight excluding hydrogens is 494 g/mol. The first-order valence-electron chi connectivity index (χ1n) is 14.4. The van der Waals surface area contributed by atoms with Gasteiger partial charge in [0.25, 0.3) is 5.56 Å². The summed E-state index contributed by atoms with van der Waals surface area (Å²) in [7, 11) is 0. The zero-order valence-electron chi connectivity index (χ0n) is 23.4. The van der Waals surface area contributed by atoms with E-state index in [1.165, 1.54) is 0 Å². The Hall–Kier alpha value is -2.97. The summed E-state index contributed by atoms with van der Waals surface area (Å²) in [5.41, 5.74) is 4.68. The van der Waals surface area contributed by atoms with Gasteiger partial charge in [0.05, 0.1) is 30.2 Å². The van der Waals surface area contributed by atoms with Crippen molar-refractivity contribution < 1.29 is 19.0 Å². The number of pyridine rings is 1. The van der Waals surface area contributed by atoms with E-state index in [1.807, 2.05) is 13.0 Å².